The van der Waals surface area contributed by atoms with Crippen LogP contribution in [0.5, 0.6) is 0 Å². The SMILES string of the molecule is Cc1ccc(S(=O)(=O)OC[C@H]2O[C@@H]3O[C@H]4[C@H](O)[C@@H](O)[C@@H](O[C@H]5[C@H](O)[C@@H](O)[C@@H](O[C@H]6[C@@H](O)[C@@H](O)[C@@H](O[C@H]7[C@H](O)[C@@H](O)[C@@H](O[C@H]8[C@H](O)[C@@H](O)[C@@H](O[C@H]9[C@H](O)[C@@H](O)[C@@H](O[C@H]2[C@H](O)[C@H]3O)O[C@@H]9COS(=O)(=O)c2ccc(C)cc2)O[C@@H]8COS(=O)(=O)c2ccc(C)cc2)O[C@@H]7COS(=O)(=O)c2ccc(C)cc2)O[C@@H]6COS(=O)(=O)c2ccc(C)cc2)O[C@@H]5CO[Si](C)(C)C(C)(C)C)O[C@@H]4CO[Si](C)(C)C(C)(C)C)cc1. The molecule has 5 aromatic rings. The Morgan fingerprint density at radius 2 is 0.348 bits per heavy atom. The third-order valence-corrected chi connectivity index (χ3v) is 42.3. The molecule has 21 aliphatic rings. The molecule has 45 nitrogen and oxygen atoms in total. The van der Waals surface area contributed by atoms with Gasteiger partial charge in [0.15, 0.2) is 60.7 Å². The summed E-state index contributed by atoms with van der Waals surface area (Å²) in [5, 5.41) is 175. The Labute approximate surface area is 819 Å². The van der Waals surface area contributed by atoms with E-state index < -0.39 is 363 Å². The maximum absolute atomic E-state index is 14.3. The highest BCUT2D eigenvalue weighted by atomic mass is 32.2. The summed E-state index contributed by atoms with van der Waals surface area (Å²) in [6.45, 7) is 19.0. The van der Waals surface area contributed by atoms with E-state index in [-0.39, 0.29) is 0 Å². The number of aliphatic hydroxyl groups is 14. The van der Waals surface area contributed by atoms with E-state index in [0.717, 1.165) is 36.4 Å². The van der Waals surface area contributed by atoms with Crippen molar-refractivity contribution in [2.45, 2.75) is 352 Å². The van der Waals surface area contributed by atoms with E-state index in [1.807, 2.05) is 67.7 Å². The molecular formula is C89H128O45S5Si2. The smallest absolute Gasteiger partial charge is 0.297 e. The first-order valence-electron chi connectivity index (χ1n) is 45.5. The van der Waals surface area contributed by atoms with Gasteiger partial charge in [-0.3, -0.25) is 20.9 Å². The van der Waals surface area contributed by atoms with E-state index in [1.54, 1.807) is 34.6 Å². The van der Waals surface area contributed by atoms with Gasteiger partial charge >= 0.3 is 0 Å². The number of benzene rings is 5. The van der Waals surface area contributed by atoms with Crippen LogP contribution >= 0.6 is 0 Å². The normalized spacial score (nSPS) is 36.6. The van der Waals surface area contributed by atoms with Gasteiger partial charge in [0.2, 0.25) is 0 Å². The zero-order chi connectivity index (χ0) is 103. The van der Waals surface area contributed by atoms with E-state index >= 15 is 0 Å². The molecule has 0 saturated carbocycles. The monoisotopic (exact) mass is 2130 g/mol. The second kappa shape index (κ2) is 45.0. The third-order valence-electron chi connectivity index (χ3n) is 26.8. The van der Waals surface area contributed by atoms with Crippen LogP contribution in [0.3, 0.4) is 0 Å². The van der Waals surface area contributed by atoms with Crippen molar-refractivity contribution in [2.24, 2.45) is 0 Å². The fourth-order valence-corrected chi connectivity index (χ4v) is 22.6. The van der Waals surface area contributed by atoms with Gasteiger partial charge in [0.25, 0.3) is 50.6 Å². The highest BCUT2D eigenvalue weighted by Crippen LogP contribution is 2.45. The minimum Gasteiger partial charge on any atom is -0.414 e. The Kier molecular flexibility index (Phi) is 36.0. The molecule has 35 atom stereocenters. The third kappa shape index (κ3) is 26.0. The van der Waals surface area contributed by atoms with Crippen molar-refractivity contribution in [1.29, 1.82) is 0 Å². The lowest BCUT2D eigenvalue weighted by atomic mass is 9.95. The summed E-state index contributed by atoms with van der Waals surface area (Å²) in [6.07, 6.45) is -82.3. The molecule has 14 bridgehead atoms. The number of aliphatic hydroxyl groups excluding tert-OH is 14. The zero-order valence-corrected chi connectivity index (χ0v) is 85.7. The van der Waals surface area contributed by atoms with Gasteiger partial charge in [-0.2, -0.15) is 42.1 Å². The lowest BCUT2D eigenvalue weighted by Crippen LogP contribution is -2.68. The molecule has 0 spiro atoms. The average Bonchev–Trinajstić information content (AvgIpc) is 0.898. The number of hydrogen-bond acceptors (Lipinski definition) is 45. The van der Waals surface area contributed by atoms with Crippen molar-refractivity contribution in [1.82, 2.24) is 0 Å². The predicted octanol–water partition coefficient (Wildman–Crippen LogP) is -0.564. The average molecular weight is 2130 g/mol. The molecule has 0 radical (unpaired) electrons. The van der Waals surface area contributed by atoms with E-state index in [0.29, 0.717) is 27.8 Å². The minimum atomic E-state index is -4.98. The summed E-state index contributed by atoms with van der Waals surface area (Å²) in [4.78, 5) is -2.33. The maximum atomic E-state index is 14.3. The van der Waals surface area contributed by atoms with Crippen molar-refractivity contribution in [3.05, 3.63) is 149 Å². The van der Waals surface area contributed by atoms with Gasteiger partial charge in [-0.1, -0.05) is 130 Å². The number of aryl methyl sites for hydroxylation is 5. The van der Waals surface area contributed by atoms with Crippen LogP contribution in [0, 0.1) is 34.6 Å². The van der Waals surface area contributed by atoms with Crippen molar-refractivity contribution in [3.8, 4) is 0 Å². The Bertz CT molecular complexity index is 5390. The van der Waals surface area contributed by atoms with Crippen LogP contribution in [-0.2, 0) is 147 Å². The van der Waals surface area contributed by atoms with E-state index in [2.05, 4.69) is 0 Å². The first-order valence-corrected chi connectivity index (χ1v) is 58.3. The summed E-state index contributed by atoms with van der Waals surface area (Å²) >= 11 is 0. The molecule has 792 valence electrons. The highest BCUT2D eigenvalue weighted by molar-refractivity contribution is 7.87. The predicted molar refractivity (Wildman–Crippen MR) is 487 cm³/mol. The van der Waals surface area contributed by atoms with E-state index in [9.17, 15) is 114 Å². The van der Waals surface area contributed by atoms with Crippen LogP contribution in [0.1, 0.15) is 69.4 Å². The summed E-state index contributed by atoms with van der Waals surface area (Å²) in [7, 11) is -30.8. The molecule has 21 aliphatic heterocycles. The fourth-order valence-electron chi connectivity index (χ4n) is 16.0. The van der Waals surface area contributed by atoms with Gasteiger partial charge in [0.05, 0.1) is 70.7 Å². The molecule has 26 rings (SSSR count). The molecule has 14 N–H and O–H groups in total. The van der Waals surface area contributed by atoms with Gasteiger partial charge in [0, 0.05) is 0 Å². The molecule has 21 fully saturated rings. The summed E-state index contributed by atoms with van der Waals surface area (Å²) in [6, 6.07) is 25.7. The Hall–Kier alpha value is -5.12. The first kappa shape index (κ1) is 113. The van der Waals surface area contributed by atoms with Gasteiger partial charge in [0.1, 0.15) is 171 Å². The van der Waals surface area contributed by atoms with Crippen LogP contribution in [0.2, 0.25) is 36.3 Å². The van der Waals surface area contributed by atoms with Crippen LogP contribution in [-0.4, -0.2) is 391 Å². The quantitative estimate of drug-likeness (QED) is 0.0244. The van der Waals surface area contributed by atoms with Crippen molar-refractivity contribution < 1.29 is 210 Å². The fraction of sp³-hybridized carbons (Fsp3) is 0.663. The topological polar surface area (TPSA) is 648 Å². The van der Waals surface area contributed by atoms with E-state index in [1.165, 1.54) is 84.9 Å². The molecule has 52 heteroatoms. The number of rotatable bonds is 26. The van der Waals surface area contributed by atoms with Gasteiger partial charge < -0.3 is 147 Å². The summed E-state index contributed by atoms with van der Waals surface area (Å²) in [5.41, 5.74) is 2.95. The number of hydrogen-bond donors (Lipinski definition) is 14. The van der Waals surface area contributed by atoms with Gasteiger partial charge in [-0.05, 0) is 132 Å². The van der Waals surface area contributed by atoms with Gasteiger partial charge in [-0.25, -0.2) is 0 Å². The standard InChI is InChI=1S/C89H128O45S5Si2/c1-43-16-26-48(27-17-43)135(104,105)114-36-53-74-60(90)67(97)81(121-53)129-75-54(37-115-136(106,107)49-28-18-44(2)19-29-49)123-83(69(99)62(75)92)131-77-56(39-117-138(110,111)51-32-22-46(4)23-33-51)125-85(71(101)64(77)94)133-79-58(41-119-140(12,13)88(6,7)8)127-87(73(103)66(79)96)134-80-59(42-120-141(14,15)89(9,10)11)126-86(72(102)65(80)95)132-78-57(40-118-139(112,113)52-34-24-47(5)25-35-52)124-84(70(100)63(78)93)130-76-55(122-82(128-74)68(98)61(76)91)38-116-137(108,109)50-30-20-45(3)21-31-50/h16-35,53-87,90-103H,36-42H2,1-15H3/t53-,54-,55-,56-,57-,58-,59-,60-,61-,62-,63+,64-,65-,66-,67-,68-,69-,70-,71-,72-,73-,74-,75-,76-,77-,78-,79-,80-,81-,82-,83-,84-,85-,86-,87-/m1/s1. The Morgan fingerprint density at radius 3 is 0.475 bits per heavy atom. The molecule has 0 aliphatic carbocycles. The Balaban J connectivity index is 0.938. The lowest BCUT2D eigenvalue weighted by Gasteiger charge is -2.50. The van der Waals surface area contributed by atoms with Crippen LogP contribution < -0.4 is 0 Å². The van der Waals surface area contributed by atoms with Crippen molar-refractivity contribution in [2.75, 3.05) is 46.2 Å². The lowest BCUT2D eigenvalue weighted by molar-refractivity contribution is -0.395. The molecule has 0 unspecified atom stereocenters. The van der Waals surface area contributed by atoms with Crippen LogP contribution in [0.25, 0.3) is 0 Å². The van der Waals surface area contributed by atoms with E-state index in [4.69, 9.17) is 96.1 Å². The van der Waals surface area contributed by atoms with Crippen LogP contribution in [0.4, 0.5) is 0 Å². The highest BCUT2D eigenvalue weighted by Gasteiger charge is 2.62. The Morgan fingerprint density at radius 1 is 0.220 bits per heavy atom. The molecule has 0 aromatic heterocycles. The second-order valence-corrected chi connectivity index (χ2v) is 57.0. The molecule has 0 amide bonds. The second-order valence-electron chi connectivity index (χ2n) is 39.3. The number of ether oxygens (including phenoxy) is 14. The van der Waals surface area contributed by atoms with Crippen molar-refractivity contribution in [3.63, 3.8) is 0 Å². The van der Waals surface area contributed by atoms with Crippen LogP contribution in [0.15, 0.2) is 146 Å². The molecule has 21 heterocycles. The summed E-state index contributed by atoms with van der Waals surface area (Å²) < 4.78 is 272. The summed E-state index contributed by atoms with van der Waals surface area (Å²) in [5.74, 6) is 0. The molecular weight excluding hydrogens is 2010 g/mol. The minimum absolute atomic E-state index is 0.440. The van der Waals surface area contributed by atoms with Crippen molar-refractivity contribution >= 4 is 67.2 Å². The molecule has 21 saturated heterocycles. The largest absolute Gasteiger partial charge is 0.414 e. The molecule has 5 aromatic carbocycles. The zero-order valence-electron chi connectivity index (χ0n) is 79.7. The molecule has 141 heavy (non-hydrogen) atoms. The van der Waals surface area contributed by atoms with Gasteiger partial charge in [-0.15, -0.1) is 0 Å². The maximum Gasteiger partial charge on any atom is 0.297 e. The first-order chi connectivity index (χ1) is 65.7.